The standard InChI is InChI=1S/C10H6Cl4O3/c11-5-6(12)10(14)2-1-9(5,13)3-4(10)8(16)17-7(3)15/h3-4H,1-2H2. The minimum Gasteiger partial charge on any atom is -0.393 e. The second kappa shape index (κ2) is 3.32. The molecule has 2 fully saturated rings. The van der Waals surface area contributed by atoms with Gasteiger partial charge in [0.25, 0.3) is 0 Å². The summed E-state index contributed by atoms with van der Waals surface area (Å²) >= 11 is 24.9. The minimum atomic E-state index is -1.15. The lowest BCUT2D eigenvalue weighted by atomic mass is 9.62. The summed E-state index contributed by atoms with van der Waals surface area (Å²) in [5.74, 6) is -3.00. The lowest BCUT2D eigenvalue weighted by molar-refractivity contribution is -0.153. The van der Waals surface area contributed by atoms with Crippen LogP contribution in [0.15, 0.2) is 10.1 Å². The molecule has 1 heterocycles. The zero-order valence-electron chi connectivity index (χ0n) is 8.31. The van der Waals surface area contributed by atoms with Gasteiger partial charge in [0.1, 0.15) is 0 Å². The number of fused-ring (bicyclic) bond motifs is 1. The van der Waals surface area contributed by atoms with E-state index in [9.17, 15) is 9.59 Å². The van der Waals surface area contributed by atoms with E-state index < -0.39 is 33.5 Å². The zero-order chi connectivity index (χ0) is 12.6. The number of halogens is 4. The molecular formula is C10H6Cl4O3. The Bertz CT molecular complexity index is 446. The lowest BCUT2D eigenvalue weighted by Gasteiger charge is -2.51. The van der Waals surface area contributed by atoms with Crippen LogP contribution in [0.1, 0.15) is 12.8 Å². The Kier molecular flexibility index (Phi) is 2.36. The summed E-state index contributed by atoms with van der Waals surface area (Å²) in [5, 5.41) is 0.324. The molecule has 1 aliphatic heterocycles. The highest BCUT2D eigenvalue weighted by Gasteiger charge is 2.71. The van der Waals surface area contributed by atoms with Crippen molar-refractivity contribution in [3.63, 3.8) is 0 Å². The number of esters is 2. The van der Waals surface area contributed by atoms with Crippen LogP contribution in [0.5, 0.6) is 0 Å². The fraction of sp³-hybridized carbons (Fsp3) is 0.600. The van der Waals surface area contributed by atoms with Gasteiger partial charge in [-0.3, -0.25) is 9.59 Å². The minimum absolute atomic E-state index is 0.162. The molecule has 0 radical (unpaired) electrons. The molecule has 4 atom stereocenters. The summed E-state index contributed by atoms with van der Waals surface area (Å²) in [6.07, 6.45) is 0.799. The molecular weight excluding hydrogens is 310 g/mol. The van der Waals surface area contributed by atoms with Gasteiger partial charge in [-0.15, -0.1) is 23.2 Å². The van der Waals surface area contributed by atoms with E-state index in [-0.39, 0.29) is 10.1 Å². The molecule has 1 saturated heterocycles. The van der Waals surface area contributed by atoms with Crippen LogP contribution >= 0.6 is 46.4 Å². The first-order valence-corrected chi connectivity index (χ1v) is 6.53. The number of hydrogen-bond acceptors (Lipinski definition) is 3. The van der Waals surface area contributed by atoms with Gasteiger partial charge < -0.3 is 4.74 Å². The summed E-state index contributed by atoms with van der Waals surface area (Å²) in [6, 6.07) is 0. The van der Waals surface area contributed by atoms with Crippen LogP contribution in [0, 0.1) is 11.8 Å². The monoisotopic (exact) mass is 314 g/mol. The Balaban J connectivity index is 2.28. The molecule has 0 aromatic rings. The second-order valence-corrected chi connectivity index (χ2v) is 6.65. The maximum atomic E-state index is 11.7. The first kappa shape index (κ1) is 12.1. The number of rotatable bonds is 0. The number of hydrogen-bond donors (Lipinski definition) is 0. The van der Waals surface area contributed by atoms with Gasteiger partial charge in [0.2, 0.25) is 0 Å². The Morgan fingerprint density at radius 1 is 0.941 bits per heavy atom. The SMILES string of the molecule is O=C1OC(=O)C2C1C1(Cl)CCC2(Cl)C(Cl)=C1Cl. The van der Waals surface area contributed by atoms with Gasteiger partial charge in [-0.2, -0.15) is 0 Å². The maximum Gasteiger partial charge on any atom is 0.319 e. The Hall–Kier alpha value is 0.0400. The fourth-order valence-corrected chi connectivity index (χ4v) is 4.60. The third-order valence-electron chi connectivity index (χ3n) is 3.80. The molecule has 0 amide bonds. The summed E-state index contributed by atoms with van der Waals surface area (Å²) in [4.78, 5) is 21.1. The van der Waals surface area contributed by atoms with Crippen molar-refractivity contribution >= 4 is 58.3 Å². The highest BCUT2D eigenvalue weighted by molar-refractivity contribution is 6.50. The first-order chi connectivity index (χ1) is 7.82. The molecule has 7 heteroatoms. The largest absolute Gasteiger partial charge is 0.393 e. The predicted octanol–water partition coefficient (Wildman–Crippen LogP) is 2.75. The molecule has 2 bridgehead atoms. The van der Waals surface area contributed by atoms with Crippen LogP contribution < -0.4 is 0 Å². The number of carbonyl (C=O) groups is 2. The van der Waals surface area contributed by atoms with E-state index in [4.69, 9.17) is 46.4 Å². The number of allylic oxidation sites excluding steroid dienone is 2. The van der Waals surface area contributed by atoms with E-state index >= 15 is 0 Å². The van der Waals surface area contributed by atoms with E-state index in [1.54, 1.807) is 0 Å². The van der Waals surface area contributed by atoms with Crippen molar-refractivity contribution < 1.29 is 14.3 Å². The van der Waals surface area contributed by atoms with Crippen molar-refractivity contribution in [2.75, 3.05) is 0 Å². The topological polar surface area (TPSA) is 43.4 Å². The summed E-state index contributed by atoms with van der Waals surface area (Å²) in [7, 11) is 0. The van der Waals surface area contributed by atoms with Gasteiger partial charge in [-0.05, 0) is 12.8 Å². The fourth-order valence-electron chi connectivity index (χ4n) is 2.93. The molecule has 0 aromatic carbocycles. The lowest BCUT2D eigenvalue weighted by Crippen LogP contribution is -2.58. The molecule has 0 N–H and O–H groups in total. The summed E-state index contributed by atoms with van der Waals surface area (Å²) in [6.45, 7) is 0. The summed E-state index contributed by atoms with van der Waals surface area (Å²) < 4.78 is 4.63. The van der Waals surface area contributed by atoms with Gasteiger partial charge in [0.15, 0.2) is 0 Å². The Labute approximate surface area is 117 Å². The molecule has 4 unspecified atom stereocenters. The van der Waals surface area contributed by atoms with E-state index in [0.29, 0.717) is 12.8 Å². The van der Waals surface area contributed by atoms with Crippen molar-refractivity contribution in [2.24, 2.45) is 11.8 Å². The van der Waals surface area contributed by atoms with E-state index in [1.165, 1.54) is 0 Å². The molecule has 1 saturated carbocycles. The quantitative estimate of drug-likeness (QED) is 0.392. The zero-order valence-corrected chi connectivity index (χ0v) is 11.3. The van der Waals surface area contributed by atoms with Gasteiger partial charge in [0, 0.05) is 0 Å². The van der Waals surface area contributed by atoms with E-state index in [2.05, 4.69) is 4.74 Å². The molecule has 0 aromatic heterocycles. The number of ether oxygens (including phenoxy) is 1. The number of carbonyl (C=O) groups excluding carboxylic acids is 2. The van der Waals surface area contributed by atoms with Crippen LogP contribution in [-0.2, 0) is 14.3 Å². The van der Waals surface area contributed by atoms with Crippen LogP contribution in [0.2, 0.25) is 0 Å². The highest BCUT2D eigenvalue weighted by atomic mass is 35.5. The van der Waals surface area contributed by atoms with Gasteiger partial charge in [0.05, 0.1) is 31.6 Å². The number of cyclic esters (lactones) is 2. The summed E-state index contributed by atoms with van der Waals surface area (Å²) in [5.41, 5.74) is 0. The van der Waals surface area contributed by atoms with Gasteiger partial charge in [-0.1, -0.05) is 23.2 Å². The normalized spacial score (nSPS) is 48.5. The second-order valence-electron chi connectivity index (χ2n) is 4.55. The molecule has 4 rings (SSSR count). The van der Waals surface area contributed by atoms with Crippen molar-refractivity contribution in [2.45, 2.75) is 22.6 Å². The Morgan fingerprint density at radius 3 is 1.65 bits per heavy atom. The molecule has 0 spiro atoms. The third-order valence-corrected chi connectivity index (χ3v) is 6.37. The average Bonchev–Trinajstić information content (AvgIpc) is 2.58. The molecule has 3 nitrogen and oxygen atoms in total. The highest BCUT2D eigenvalue weighted by Crippen LogP contribution is 2.65. The molecule has 92 valence electrons. The Morgan fingerprint density at radius 2 is 1.29 bits per heavy atom. The first-order valence-electron chi connectivity index (χ1n) is 5.02. The van der Waals surface area contributed by atoms with Crippen LogP contribution in [0.25, 0.3) is 0 Å². The predicted molar refractivity (Wildman–Crippen MR) is 63.2 cm³/mol. The van der Waals surface area contributed by atoms with E-state index in [1.807, 2.05) is 0 Å². The van der Waals surface area contributed by atoms with Crippen LogP contribution in [0.4, 0.5) is 0 Å². The van der Waals surface area contributed by atoms with Crippen LogP contribution in [-0.4, -0.2) is 21.7 Å². The van der Waals surface area contributed by atoms with Crippen molar-refractivity contribution in [3.8, 4) is 0 Å². The van der Waals surface area contributed by atoms with Crippen molar-refractivity contribution in [1.82, 2.24) is 0 Å². The molecule has 4 aliphatic rings. The van der Waals surface area contributed by atoms with Gasteiger partial charge >= 0.3 is 11.9 Å². The maximum absolute atomic E-state index is 11.7. The molecule has 3 aliphatic carbocycles. The van der Waals surface area contributed by atoms with E-state index in [0.717, 1.165) is 0 Å². The van der Waals surface area contributed by atoms with Crippen molar-refractivity contribution in [1.29, 1.82) is 0 Å². The van der Waals surface area contributed by atoms with Gasteiger partial charge in [-0.25, -0.2) is 0 Å². The van der Waals surface area contributed by atoms with Crippen LogP contribution in [0.3, 0.4) is 0 Å². The third kappa shape index (κ3) is 1.21. The number of alkyl halides is 2. The molecule has 17 heavy (non-hydrogen) atoms. The van der Waals surface area contributed by atoms with Crippen molar-refractivity contribution in [3.05, 3.63) is 10.1 Å². The smallest absolute Gasteiger partial charge is 0.319 e. The average molecular weight is 316 g/mol.